The summed E-state index contributed by atoms with van der Waals surface area (Å²) in [5, 5.41) is 2.88. The van der Waals surface area contributed by atoms with Crippen LogP contribution in [0.25, 0.3) is 0 Å². The molecule has 3 aromatic carbocycles. The van der Waals surface area contributed by atoms with Crippen molar-refractivity contribution in [3.05, 3.63) is 95.6 Å². The molecular formula is C31H39N3O5S. The topological polar surface area (TPSA) is 96.0 Å². The zero-order valence-electron chi connectivity index (χ0n) is 23.7. The minimum atomic E-state index is -3.81. The number of hydrogen-bond donors (Lipinski definition) is 1. The molecule has 1 atom stereocenters. The van der Waals surface area contributed by atoms with Gasteiger partial charge in [-0.15, -0.1) is 0 Å². The van der Waals surface area contributed by atoms with E-state index in [0.717, 1.165) is 40.1 Å². The van der Waals surface area contributed by atoms with Crippen LogP contribution in [0.4, 0.5) is 5.69 Å². The summed E-state index contributed by atoms with van der Waals surface area (Å²) >= 11 is 0. The third-order valence-corrected chi connectivity index (χ3v) is 7.63. The van der Waals surface area contributed by atoms with Crippen LogP contribution < -0.4 is 14.4 Å². The van der Waals surface area contributed by atoms with Crippen LogP contribution in [-0.4, -0.2) is 50.5 Å². The molecular weight excluding hydrogens is 526 g/mol. The summed E-state index contributed by atoms with van der Waals surface area (Å²) < 4.78 is 32.5. The molecule has 1 N–H and O–H groups in total. The molecule has 0 heterocycles. The van der Waals surface area contributed by atoms with Crippen LogP contribution >= 0.6 is 0 Å². The lowest BCUT2D eigenvalue weighted by molar-refractivity contribution is -0.139. The molecule has 0 unspecified atom stereocenters. The highest BCUT2D eigenvalue weighted by atomic mass is 32.2. The van der Waals surface area contributed by atoms with Crippen molar-refractivity contribution in [2.75, 3.05) is 23.7 Å². The average Bonchev–Trinajstić information content (AvgIpc) is 2.93. The highest BCUT2D eigenvalue weighted by molar-refractivity contribution is 7.92. The molecule has 214 valence electrons. The first-order chi connectivity index (χ1) is 19.1. The van der Waals surface area contributed by atoms with Crippen LogP contribution in [0.15, 0.2) is 78.9 Å². The smallest absolute Gasteiger partial charge is 0.244 e. The highest BCUT2D eigenvalue weighted by Gasteiger charge is 2.30. The summed E-state index contributed by atoms with van der Waals surface area (Å²) in [6.07, 6.45) is 2.82. The van der Waals surface area contributed by atoms with Gasteiger partial charge in [-0.1, -0.05) is 73.5 Å². The largest absolute Gasteiger partial charge is 0.489 e. The fourth-order valence-corrected chi connectivity index (χ4v) is 5.04. The Morgan fingerprint density at radius 3 is 2.25 bits per heavy atom. The monoisotopic (exact) mass is 565 g/mol. The molecule has 0 aromatic heterocycles. The van der Waals surface area contributed by atoms with Gasteiger partial charge in [-0.05, 0) is 55.7 Å². The highest BCUT2D eigenvalue weighted by Crippen LogP contribution is 2.23. The Bertz CT molecular complexity index is 1360. The zero-order valence-corrected chi connectivity index (χ0v) is 24.5. The predicted octanol–water partition coefficient (Wildman–Crippen LogP) is 4.67. The lowest BCUT2D eigenvalue weighted by Crippen LogP contribution is -2.51. The van der Waals surface area contributed by atoms with Crippen molar-refractivity contribution in [2.45, 2.75) is 52.8 Å². The fraction of sp³-hybridized carbons (Fsp3) is 0.355. The number of ether oxygens (including phenoxy) is 1. The quantitative estimate of drug-likeness (QED) is 0.287. The second kappa shape index (κ2) is 14.5. The maximum atomic E-state index is 13.7. The number of nitrogens with one attached hydrogen (secondary N) is 1. The van der Waals surface area contributed by atoms with Gasteiger partial charge in [0.15, 0.2) is 0 Å². The minimum absolute atomic E-state index is 0.173. The lowest BCUT2D eigenvalue weighted by Gasteiger charge is -2.31. The van der Waals surface area contributed by atoms with Gasteiger partial charge in [0.25, 0.3) is 0 Å². The Balaban J connectivity index is 1.80. The van der Waals surface area contributed by atoms with E-state index in [-0.39, 0.29) is 12.5 Å². The van der Waals surface area contributed by atoms with Crippen LogP contribution in [0, 0.1) is 6.92 Å². The van der Waals surface area contributed by atoms with E-state index in [9.17, 15) is 18.0 Å². The molecule has 0 spiro atoms. The van der Waals surface area contributed by atoms with Crippen molar-refractivity contribution in [3.8, 4) is 5.75 Å². The maximum absolute atomic E-state index is 13.7. The van der Waals surface area contributed by atoms with E-state index in [4.69, 9.17) is 4.74 Å². The summed E-state index contributed by atoms with van der Waals surface area (Å²) in [4.78, 5) is 28.0. The number of carbonyl (C=O) groups excluding carboxylic acids is 2. The van der Waals surface area contributed by atoms with Gasteiger partial charge in [0, 0.05) is 13.1 Å². The Kier molecular flexibility index (Phi) is 11.1. The van der Waals surface area contributed by atoms with E-state index in [2.05, 4.69) is 5.32 Å². The maximum Gasteiger partial charge on any atom is 0.244 e. The molecule has 0 saturated carbocycles. The summed E-state index contributed by atoms with van der Waals surface area (Å²) in [6.45, 7) is 6.27. The number of anilines is 1. The van der Waals surface area contributed by atoms with Crippen LogP contribution in [0.3, 0.4) is 0 Å². The summed E-state index contributed by atoms with van der Waals surface area (Å²) in [7, 11) is -3.81. The number of nitrogens with zero attached hydrogens (tertiary/aromatic N) is 2. The van der Waals surface area contributed by atoms with Crippen molar-refractivity contribution in [2.24, 2.45) is 0 Å². The number of carbonyl (C=O) groups is 2. The molecule has 40 heavy (non-hydrogen) atoms. The second-order valence-electron chi connectivity index (χ2n) is 9.87. The fourth-order valence-electron chi connectivity index (χ4n) is 4.19. The van der Waals surface area contributed by atoms with Gasteiger partial charge >= 0.3 is 0 Å². The van der Waals surface area contributed by atoms with Gasteiger partial charge in [-0.25, -0.2) is 8.42 Å². The van der Waals surface area contributed by atoms with Crippen molar-refractivity contribution in [1.29, 1.82) is 0 Å². The SMILES string of the molecule is CCCCNC(=O)[C@@H](C)N(Cc1cccc(C)c1)C(=O)CN(c1ccc(OCc2ccccc2)cc1)S(C)(=O)=O. The number of rotatable bonds is 14. The Morgan fingerprint density at radius 2 is 1.62 bits per heavy atom. The number of aryl methyl sites for hydroxylation is 1. The number of benzene rings is 3. The van der Waals surface area contributed by atoms with Gasteiger partial charge in [-0.3, -0.25) is 13.9 Å². The summed E-state index contributed by atoms with van der Waals surface area (Å²) in [5.74, 6) is -0.180. The third-order valence-electron chi connectivity index (χ3n) is 6.48. The van der Waals surface area contributed by atoms with Crippen LogP contribution in [0.5, 0.6) is 5.75 Å². The van der Waals surface area contributed by atoms with Gasteiger partial charge in [0.1, 0.15) is 24.9 Å². The lowest BCUT2D eigenvalue weighted by atomic mass is 10.1. The summed E-state index contributed by atoms with van der Waals surface area (Å²) in [5.41, 5.74) is 3.22. The van der Waals surface area contributed by atoms with Crippen molar-refractivity contribution < 1.29 is 22.7 Å². The van der Waals surface area contributed by atoms with Crippen LogP contribution in [-0.2, 0) is 32.8 Å². The number of hydrogen-bond acceptors (Lipinski definition) is 5. The first-order valence-electron chi connectivity index (χ1n) is 13.5. The molecule has 0 fully saturated rings. The zero-order chi connectivity index (χ0) is 29.1. The van der Waals surface area contributed by atoms with Crippen molar-refractivity contribution >= 4 is 27.5 Å². The van der Waals surface area contributed by atoms with E-state index in [0.29, 0.717) is 24.6 Å². The molecule has 0 aliphatic carbocycles. The first kappa shape index (κ1) is 30.7. The normalized spacial score (nSPS) is 11.9. The van der Waals surface area contributed by atoms with E-state index >= 15 is 0 Å². The molecule has 3 aromatic rings. The van der Waals surface area contributed by atoms with Crippen molar-refractivity contribution in [3.63, 3.8) is 0 Å². The standard InChI is InChI=1S/C31H39N3O5S/c1-5-6-19-32-31(36)25(3)33(21-27-14-10-11-24(2)20-27)30(35)22-34(40(4,37)38)28-15-17-29(18-16-28)39-23-26-12-8-7-9-13-26/h7-18,20,25H,5-6,19,21-23H2,1-4H3,(H,32,36)/t25-/m1/s1. The van der Waals surface area contributed by atoms with Crippen LogP contribution in [0.1, 0.15) is 43.4 Å². The Labute approximate surface area is 238 Å². The number of unbranched alkanes of at least 4 members (excludes halogenated alkanes) is 1. The molecule has 0 aliphatic heterocycles. The number of sulfonamides is 1. The van der Waals surface area contributed by atoms with Crippen molar-refractivity contribution in [1.82, 2.24) is 10.2 Å². The van der Waals surface area contributed by atoms with E-state index < -0.39 is 28.5 Å². The molecule has 9 heteroatoms. The first-order valence-corrected chi connectivity index (χ1v) is 15.3. The minimum Gasteiger partial charge on any atom is -0.489 e. The molecule has 3 rings (SSSR count). The number of amides is 2. The third kappa shape index (κ3) is 9.12. The second-order valence-corrected chi connectivity index (χ2v) is 11.8. The molecule has 0 bridgehead atoms. The molecule has 0 aliphatic rings. The molecule has 0 saturated heterocycles. The molecule has 2 amide bonds. The average molecular weight is 566 g/mol. The Morgan fingerprint density at radius 1 is 0.950 bits per heavy atom. The molecule has 8 nitrogen and oxygen atoms in total. The van der Waals surface area contributed by atoms with E-state index in [1.54, 1.807) is 31.2 Å². The van der Waals surface area contributed by atoms with Gasteiger partial charge in [-0.2, -0.15) is 0 Å². The predicted molar refractivity (Wildman–Crippen MR) is 159 cm³/mol. The van der Waals surface area contributed by atoms with Crippen LogP contribution in [0.2, 0.25) is 0 Å². The van der Waals surface area contributed by atoms with Gasteiger partial charge in [0.05, 0.1) is 11.9 Å². The van der Waals surface area contributed by atoms with E-state index in [1.165, 1.54) is 4.90 Å². The summed E-state index contributed by atoms with van der Waals surface area (Å²) in [6, 6.07) is 23.2. The molecule has 0 radical (unpaired) electrons. The van der Waals surface area contributed by atoms with Gasteiger partial charge in [0.2, 0.25) is 21.8 Å². The van der Waals surface area contributed by atoms with Gasteiger partial charge < -0.3 is 15.0 Å². The Hall–Kier alpha value is -3.85. The van der Waals surface area contributed by atoms with E-state index in [1.807, 2.05) is 68.4 Å².